The Hall–Kier alpha value is -3.16. The van der Waals surface area contributed by atoms with Crippen LogP contribution in [0.5, 0.6) is 5.75 Å². The van der Waals surface area contributed by atoms with Gasteiger partial charge < -0.3 is 14.4 Å². The Bertz CT molecular complexity index is 1070. The zero-order valence-corrected chi connectivity index (χ0v) is 13.3. The first kappa shape index (κ1) is 15.4. The molecule has 3 aromatic rings. The maximum Gasteiger partial charge on any atom is 0.511 e. The zero-order chi connectivity index (χ0) is 17.7. The first-order chi connectivity index (χ1) is 11.9. The lowest BCUT2D eigenvalue weighted by Crippen LogP contribution is -2.16. The van der Waals surface area contributed by atoms with Gasteiger partial charge in [-0.05, 0) is 38.0 Å². The minimum Gasteiger partial charge on any atom is -0.449 e. The second-order valence-corrected chi connectivity index (χ2v) is 6.05. The number of aromatic nitrogens is 3. The van der Waals surface area contributed by atoms with E-state index in [-0.39, 0.29) is 22.9 Å². The molecule has 25 heavy (non-hydrogen) atoms. The molecule has 4 rings (SSSR count). The van der Waals surface area contributed by atoms with Gasteiger partial charge in [-0.3, -0.25) is 4.79 Å². The molecule has 1 fully saturated rings. The van der Waals surface area contributed by atoms with Gasteiger partial charge in [-0.2, -0.15) is 5.10 Å². The number of nitrogens with zero attached hydrogens (tertiary/aromatic N) is 3. The van der Waals surface area contributed by atoms with Gasteiger partial charge in [-0.1, -0.05) is 0 Å². The molecule has 1 aliphatic carbocycles. The summed E-state index contributed by atoms with van der Waals surface area (Å²) < 4.78 is 22.3. The molecule has 7 nitrogen and oxygen atoms in total. The quantitative estimate of drug-likeness (QED) is 0.739. The topological polar surface area (TPSA) is 86.4 Å². The van der Waals surface area contributed by atoms with Crippen LogP contribution in [0.2, 0.25) is 0 Å². The van der Waals surface area contributed by atoms with E-state index in [2.05, 4.69) is 9.84 Å². The third kappa shape index (κ3) is 2.65. The first-order valence-electron chi connectivity index (χ1n) is 7.76. The Morgan fingerprint density at radius 2 is 2.16 bits per heavy atom. The third-order valence-electron chi connectivity index (χ3n) is 4.17. The van der Waals surface area contributed by atoms with Gasteiger partial charge in [0, 0.05) is 12.2 Å². The van der Waals surface area contributed by atoms with Crippen molar-refractivity contribution in [2.24, 2.45) is 0 Å². The second kappa shape index (κ2) is 5.44. The Balaban J connectivity index is 1.99. The standard InChI is InChI=1S/C17H14FN3O4/c1-9-4-5-21(19-9)14-7-13-11(6-12(14)18)16(22)15(25-17(23)24)8-20(13)10-2-3-10/h4-8,10H,2-3H2,1H3,(H,23,24). The van der Waals surface area contributed by atoms with Gasteiger partial charge in [0.05, 0.1) is 22.8 Å². The Morgan fingerprint density at radius 1 is 1.40 bits per heavy atom. The molecule has 0 spiro atoms. The summed E-state index contributed by atoms with van der Waals surface area (Å²) in [5.41, 5.74) is 0.830. The molecule has 0 unspecified atom stereocenters. The normalized spacial score (nSPS) is 14.0. The van der Waals surface area contributed by atoms with E-state index in [4.69, 9.17) is 5.11 Å². The van der Waals surface area contributed by atoms with Gasteiger partial charge in [0.15, 0.2) is 5.75 Å². The Morgan fingerprint density at radius 3 is 2.76 bits per heavy atom. The van der Waals surface area contributed by atoms with Crippen LogP contribution in [-0.2, 0) is 0 Å². The highest BCUT2D eigenvalue weighted by Crippen LogP contribution is 2.38. The Kier molecular flexibility index (Phi) is 3.34. The average molecular weight is 343 g/mol. The van der Waals surface area contributed by atoms with Crippen molar-refractivity contribution in [1.29, 1.82) is 0 Å². The molecule has 0 aliphatic heterocycles. The summed E-state index contributed by atoms with van der Waals surface area (Å²) in [6.07, 6.45) is 3.24. The van der Waals surface area contributed by atoms with E-state index < -0.39 is 17.4 Å². The molecule has 1 aliphatic rings. The van der Waals surface area contributed by atoms with E-state index in [1.165, 1.54) is 10.9 Å². The van der Waals surface area contributed by atoms with E-state index >= 15 is 0 Å². The summed E-state index contributed by atoms with van der Waals surface area (Å²) in [6.45, 7) is 1.80. The van der Waals surface area contributed by atoms with Crippen LogP contribution in [0.3, 0.4) is 0 Å². The van der Waals surface area contributed by atoms with E-state index in [0.717, 1.165) is 24.6 Å². The van der Waals surface area contributed by atoms with Crippen LogP contribution in [0.1, 0.15) is 24.6 Å². The van der Waals surface area contributed by atoms with E-state index in [0.29, 0.717) is 5.52 Å². The molecule has 128 valence electrons. The van der Waals surface area contributed by atoms with Gasteiger partial charge in [0.2, 0.25) is 5.43 Å². The minimum absolute atomic E-state index is 0.0794. The molecule has 1 aromatic carbocycles. The maximum absolute atomic E-state index is 14.6. The minimum atomic E-state index is -1.58. The lowest BCUT2D eigenvalue weighted by molar-refractivity contribution is 0.143. The van der Waals surface area contributed by atoms with Crippen molar-refractivity contribution in [3.05, 3.63) is 52.3 Å². The fourth-order valence-corrected chi connectivity index (χ4v) is 2.88. The van der Waals surface area contributed by atoms with Gasteiger partial charge >= 0.3 is 6.16 Å². The van der Waals surface area contributed by atoms with Crippen LogP contribution < -0.4 is 10.2 Å². The number of rotatable bonds is 3. The summed E-state index contributed by atoms with van der Waals surface area (Å²) in [4.78, 5) is 23.3. The molecule has 0 atom stereocenters. The molecule has 1 saturated carbocycles. The average Bonchev–Trinajstić information content (AvgIpc) is 3.31. The summed E-state index contributed by atoms with van der Waals surface area (Å²) in [5.74, 6) is -0.948. The molecule has 2 heterocycles. The number of fused-ring (bicyclic) bond motifs is 1. The van der Waals surface area contributed by atoms with Crippen LogP contribution in [0, 0.1) is 12.7 Å². The van der Waals surface area contributed by atoms with Crippen molar-refractivity contribution in [3.8, 4) is 11.4 Å². The lowest BCUT2D eigenvalue weighted by atomic mass is 10.1. The molecule has 0 saturated heterocycles. The smallest absolute Gasteiger partial charge is 0.449 e. The van der Waals surface area contributed by atoms with Gasteiger partial charge in [-0.15, -0.1) is 0 Å². The summed E-state index contributed by atoms with van der Waals surface area (Å²) in [6, 6.07) is 4.55. The summed E-state index contributed by atoms with van der Waals surface area (Å²) in [7, 11) is 0. The monoisotopic (exact) mass is 343 g/mol. The number of carbonyl (C=O) groups is 1. The second-order valence-electron chi connectivity index (χ2n) is 6.05. The van der Waals surface area contributed by atoms with Gasteiger partial charge in [0.1, 0.15) is 11.5 Å². The fourth-order valence-electron chi connectivity index (χ4n) is 2.88. The van der Waals surface area contributed by atoms with Crippen LogP contribution in [0.25, 0.3) is 16.6 Å². The molecule has 0 radical (unpaired) electrons. The number of halogens is 1. The van der Waals surface area contributed by atoms with Crippen LogP contribution >= 0.6 is 0 Å². The highest BCUT2D eigenvalue weighted by molar-refractivity contribution is 5.83. The SMILES string of the molecule is Cc1ccn(-c2cc3c(cc2F)c(=O)c(OC(=O)O)cn3C2CC2)n1. The molecule has 8 heteroatoms. The summed E-state index contributed by atoms with van der Waals surface area (Å²) in [5, 5.41) is 13.1. The highest BCUT2D eigenvalue weighted by Gasteiger charge is 2.27. The zero-order valence-electron chi connectivity index (χ0n) is 13.3. The van der Waals surface area contributed by atoms with Gasteiger partial charge in [-0.25, -0.2) is 13.9 Å². The lowest BCUT2D eigenvalue weighted by Gasteiger charge is -2.14. The molecule has 1 N–H and O–H groups in total. The number of hydrogen-bond acceptors (Lipinski definition) is 4. The number of carboxylic acid groups (broad SMARTS) is 1. The van der Waals surface area contributed by atoms with Gasteiger partial charge in [0.25, 0.3) is 0 Å². The molecular formula is C17H14FN3O4. The van der Waals surface area contributed by atoms with E-state index in [9.17, 15) is 14.0 Å². The highest BCUT2D eigenvalue weighted by atomic mass is 19.1. The number of pyridine rings is 1. The van der Waals surface area contributed by atoms with Crippen LogP contribution in [0.4, 0.5) is 9.18 Å². The number of aryl methyl sites for hydroxylation is 1. The number of benzene rings is 1. The largest absolute Gasteiger partial charge is 0.511 e. The number of ether oxygens (including phenoxy) is 1. The van der Waals surface area contributed by atoms with Crippen molar-refractivity contribution < 1.29 is 19.0 Å². The van der Waals surface area contributed by atoms with Crippen LogP contribution in [0.15, 0.2) is 35.4 Å². The van der Waals surface area contributed by atoms with Crippen molar-refractivity contribution >= 4 is 17.1 Å². The predicted octanol–water partition coefficient (Wildman–Crippen LogP) is 3.03. The maximum atomic E-state index is 14.6. The van der Waals surface area contributed by atoms with Crippen molar-refractivity contribution in [1.82, 2.24) is 14.3 Å². The molecular weight excluding hydrogens is 329 g/mol. The first-order valence-corrected chi connectivity index (χ1v) is 7.76. The third-order valence-corrected chi connectivity index (χ3v) is 4.17. The van der Waals surface area contributed by atoms with E-state index in [1.54, 1.807) is 29.8 Å². The van der Waals surface area contributed by atoms with Crippen LogP contribution in [-0.4, -0.2) is 25.6 Å². The van der Waals surface area contributed by atoms with Crippen molar-refractivity contribution in [2.75, 3.05) is 0 Å². The van der Waals surface area contributed by atoms with Crippen molar-refractivity contribution in [3.63, 3.8) is 0 Å². The number of hydrogen-bond donors (Lipinski definition) is 1. The summed E-state index contributed by atoms with van der Waals surface area (Å²) >= 11 is 0. The van der Waals surface area contributed by atoms with E-state index in [1.807, 2.05) is 0 Å². The molecule has 0 bridgehead atoms. The predicted molar refractivity (Wildman–Crippen MR) is 86.9 cm³/mol. The molecule has 0 amide bonds. The Labute approximate surface area is 140 Å². The fraction of sp³-hybridized carbons (Fsp3) is 0.235. The van der Waals surface area contributed by atoms with Crippen molar-refractivity contribution in [2.45, 2.75) is 25.8 Å². The molecule has 2 aromatic heterocycles.